The van der Waals surface area contributed by atoms with E-state index in [9.17, 15) is 4.79 Å². The Morgan fingerprint density at radius 2 is 2.25 bits per heavy atom. The molecule has 0 aliphatic carbocycles. The van der Waals surface area contributed by atoms with Gasteiger partial charge >= 0.3 is 5.97 Å². The second-order valence-corrected chi connectivity index (χ2v) is 5.17. The van der Waals surface area contributed by atoms with E-state index in [2.05, 4.69) is 20.2 Å². The van der Waals surface area contributed by atoms with Crippen LogP contribution in [-0.2, 0) is 17.8 Å². The quantitative estimate of drug-likeness (QED) is 0.641. The van der Waals surface area contributed by atoms with Crippen LogP contribution in [0.2, 0.25) is 0 Å². The van der Waals surface area contributed by atoms with Gasteiger partial charge in [-0.05, 0) is 25.5 Å². The zero-order valence-corrected chi connectivity index (χ0v) is 13.5. The van der Waals surface area contributed by atoms with Crippen molar-refractivity contribution in [2.45, 2.75) is 33.3 Å². The first-order valence-corrected chi connectivity index (χ1v) is 7.63. The molecule has 0 atom stereocenters. The van der Waals surface area contributed by atoms with Gasteiger partial charge in [0.05, 0.1) is 11.9 Å². The van der Waals surface area contributed by atoms with Crippen molar-refractivity contribution in [3.05, 3.63) is 53.6 Å². The number of aryl methyl sites for hydroxylation is 1. The van der Waals surface area contributed by atoms with E-state index in [1.165, 1.54) is 6.20 Å². The summed E-state index contributed by atoms with van der Waals surface area (Å²) in [5.41, 5.74) is 1.02. The predicted molar refractivity (Wildman–Crippen MR) is 83.5 cm³/mol. The number of pyridine rings is 1. The maximum absolute atomic E-state index is 12.2. The normalized spacial score (nSPS) is 10.8. The van der Waals surface area contributed by atoms with Crippen molar-refractivity contribution in [3.63, 3.8) is 0 Å². The van der Waals surface area contributed by atoms with E-state index in [4.69, 9.17) is 9.26 Å². The van der Waals surface area contributed by atoms with Gasteiger partial charge in [-0.2, -0.15) is 10.1 Å². The van der Waals surface area contributed by atoms with E-state index in [1.807, 2.05) is 25.1 Å². The third-order valence-corrected chi connectivity index (χ3v) is 3.41. The van der Waals surface area contributed by atoms with Crippen LogP contribution in [0.1, 0.15) is 41.1 Å². The lowest BCUT2D eigenvalue weighted by Crippen LogP contribution is -2.08. The fourth-order valence-electron chi connectivity index (χ4n) is 2.20. The molecule has 8 heteroatoms. The van der Waals surface area contributed by atoms with Crippen molar-refractivity contribution in [2.75, 3.05) is 0 Å². The average Bonchev–Trinajstić information content (AvgIpc) is 3.20. The highest BCUT2D eigenvalue weighted by atomic mass is 16.6. The van der Waals surface area contributed by atoms with Crippen LogP contribution in [0.3, 0.4) is 0 Å². The van der Waals surface area contributed by atoms with Gasteiger partial charge in [0.15, 0.2) is 18.2 Å². The summed E-state index contributed by atoms with van der Waals surface area (Å²) in [6, 6.07) is 5.47. The first-order chi connectivity index (χ1) is 11.7. The van der Waals surface area contributed by atoms with E-state index in [1.54, 1.807) is 17.8 Å². The van der Waals surface area contributed by atoms with Crippen molar-refractivity contribution in [2.24, 2.45) is 0 Å². The first kappa shape index (κ1) is 15.9. The number of aromatic nitrogens is 5. The fourth-order valence-corrected chi connectivity index (χ4v) is 2.20. The van der Waals surface area contributed by atoms with E-state index in [0.717, 1.165) is 12.8 Å². The molecular formula is C16H17N5O3. The lowest BCUT2D eigenvalue weighted by atomic mass is 10.2. The minimum absolute atomic E-state index is 0.0657. The van der Waals surface area contributed by atoms with Gasteiger partial charge in [0.25, 0.3) is 5.89 Å². The maximum Gasteiger partial charge on any atom is 0.342 e. The van der Waals surface area contributed by atoms with Crippen molar-refractivity contribution >= 4 is 5.97 Å². The Bertz CT molecular complexity index is 825. The molecule has 3 heterocycles. The highest BCUT2D eigenvalue weighted by Crippen LogP contribution is 2.14. The maximum atomic E-state index is 12.2. The number of carbonyl (C=O) groups excluding carboxylic acids is 1. The Balaban J connectivity index is 1.68. The van der Waals surface area contributed by atoms with E-state index < -0.39 is 5.97 Å². The summed E-state index contributed by atoms with van der Waals surface area (Å²) in [5, 5.41) is 8.01. The molecule has 0 bridgehead atoms. The Kier molecular flexibility index (Phi) is 4.64. The molecule has 0 N–H and O–H groups in total. The average molecular weight is 327 g/mol. The van der Waals surface area contributed by atoms with Crippen LogP contribution in [0.25, 0.3) is 5.82 Å². The SMILES string of the molecule is CCCc1noc(COC(=O)c2cnn(-c3ccccn3)c2C)n1. The Hall–Kier alpha value is -3.03. The number of carbonyl (C=O) groups is 1. The van der Waals surface area contributed by atoms with E-state index in [0.29, 0.717) is 22.9 Å². The minimum Gasteiger partial charge on any atom is -0.452 e. The van der Waals surface area contributed by atoms with E-state index in [-0.39, 0.29) is 12.5 Å². The predicted octanol–water partition coefficient (Wildman–Crippen LogP) is 2.27. The fraction of sp³-hybridized carbons (Fsp3) is 0.312. The molecule has 0 amide bonds. The number of esters is 1. The van der Waals surface area contributed by atoms with Gasteiger partial charge in [0.2, 0.25) is 0 Å². The molecule has 0 aromatic carbocycles. The Morgan fingerprint density at radius 3 is 3.00 bits per heavy atom. The molecule has 0 aliphatic rings. The molecule has 0 radical (unpaired) electrons. The second-order valence-electron chi connectivity index (χ2n) is 5.17. The highest BCUT2D eigenvalue weighted by Gasteiger charge is 2.18. The molecule has 0 fully saturated rings. The van der Waals surface area contributed by atoms with Crippen LogP contribution in [0.5, 0.6) is 0 Å². The lowest BCUT2D eigenvalue weighted by molar-refractivity contribution is 0.0429. The molecule has 3 aromatic rings. The summed E-state index contributed by atoms with van der Waals surface area (Å²) < 4.78 is 11.9. The third-order valence-electron chi connectivity index (χ3n) is 3.41. The third kappa shape index (κ3) is 3.32. The molecule has 0 aliphatic heterocycles. The number of hydrogen-bond donors (Lipinski definition) is 0. The van der Waals surface area contributed by atoms with Gasteiger partial charge in [0.1, 0.15) is 5.56 Å². The molecule has 8 nitrogen and oxygen atoms in total. The van der Waals surface area contributed by atoms with Gasteiger partial charge in [-0.1, -0.05) is 18.1 Å². The number of hydrogen-bond acceptors (Lipinski definition) is 7. The van der Waals surface area contributed by atoms with Crippen molar-refractivity contribution < 1.29 is 14.1 Å². The van der Waals surface area contributed by atoms with Crippen molar-refractivity contribution in [1.29, 1.82) is 0 Å². The first-order valence-electron chi connectivity index (χ1n) is 7.63. The molecular weight excluding hydrogens is 310 g/mol. The van der Waals surface area contributed by atoms with Gasteiger partial charge in [-0.3, -0.25) is 0 Å². The van der Waals surface area contributed by atoms with Crippen LogP contribution < -0.4 is 0 Å². The Morgan fingerprint density at radius 1 is 1.38 bits per heavy atom. The summed E-state index contributed by atoms with van der Waals surface area (Å²) in [5.74, 6) is 1.03. The Labute approximate surface area is 138 Å². The van der Waals surface area contributed by atoms with Crippen LogP contribution in [0.15, 0.2) is 35.1 Å². The molecule has 3 rings (SSSR count). The zero-order chi connectivity index (χ0) is 16.9. The number of rotatable bonds is 6. The zero-order valence-electron chi connectivity index (χ0n) is 13.5. The molecule has 0 unspecified atom stereocenters. The monoisotopic (exact) mass is 327 g/mol. The van der Waals surface area contributed by atoms with Crippen LogP contribution >= 0.6 is 0 Å². The largest absolute Gasteiger partial charge is 0.452 e. The lowest BCUT2D eigenvalue weighted by Gasteiger charge is -2.04. The summed E-state index contributed by atoms with van der Waals surface area (Å²) in [7, 11) is 0. The number of nitrogens with zero attached hydrogens (tertiary/aromatic N) is 5. The standard InChI is InChI=1S/C16H17N5O3/c1-3-6-13-19-15(24-20-13)10-23-16(22)12-9-18-21(11(12)2)14-7-4-5-8-17-14/h4-5,7-9H,3,6,10H2,1-2H3. The smallest absolute Gasteiger partial charge is 0.342 e. The van der Waals surface area contributed by atoms with Crippen LogP contribution in [-0.4, -0.2) is 30.9 Å². The number of ether oxygens (including phenoxy) is 1. The van der Waals surface area contributed by atoms with Gasteiger partial charge in [-0.25, -0.2) is 14.5 Å². The van der Waals surface area contributed by atoms with Crippen LogP contribution in [0.4, 0.5) is 0 Å². The molecule has 124 valence electrons. The molecule has 0 saturated carbocycles. The van der Waals surface area contributed by atoms with Gasteiger partial charge in [-0.15, -0.1) is 0 Å². The highest BCUT2D eigenvalue weighted by molar-refractivity contribution is 5.90. The summed E-state index contributed by atoms with van der Waals surface area (Å²) in [6.45, 7) is 3.74. The van der Waals surface area contributed by atoms with Gasteiger partial charge in [0, 0.05) is 12.6 Å². The molecule has 0 saturated heterocycles. The second kappa shape index (κ2) is 7.03. The van der Waals surface area contributed by atoms with Gasteiger partial charge < -0.3 is 9.26 Å². The van der Waals surface area contributed by atoms with E-state index >= 15 is 0 Å². The molecule has 24 heavy (non-hydrogen) atoms. The summed E-state index contributed by atoms with van der Waals surface area (Å²) in [4.78, 5) is 20.6. The van der Waals surface area contributed by atoms with Crippen molar-refractivity contribution in [1.82, 2.24) is 24.9 Å². The summed E-state index contributed by atoms with van der Waals surface area (Å²) in [6.07, 6.45) is 4.78. The molecule has 0 spiro atoms. The van der Waals surface area contributed by atoms with Crippen molar-refractivity contribution in [3.8, 4) is 5.82 Å². The minimum atomic E-state index is -0.495. The van der Waals surface area contributed by atoms with Crippen LogP contribution in [0, 0.1) is 6.92 Å². The summed E-state index contributed by atoms with van der Waals surface area (Å²) >= 11 is 0. The topological polar surface area (TPSA) is 95.9 Å². The molecule has 3 aromatic heterocycles.